The molecule has 0 radical (unpaired) electrons. The molecule has 4 rings (SSSR count). The zero-order chi connectivity index (χ0) is 26.9. The van der Waals surface area contributed by atoms with Crippen LogP contribution < -0.4 is 10.6 Å². The molecular formula is C26H27ClN6O5. The molecule has 1 aliphatic rings. The van der Waals surface area contributed by atoms with Crippen LogP contribution in [0.3, 0.4) is 0 Å². The number of carbonyl (C=O) groups excluding carboxylic acids is 2. The molecule has 2 amide bonds. The second-order valence-electron chi connectivity index (χ2n) is 8.86. The van der Waals surface area contributed by atoms with E-state index >= 15 is 0 Å². The van der Waals surface area contributed by atoms with Crippen molar-refractivity contribution in [3.05, 3.63) is 71.0 Å². The van der Waals surface area contributed by atoms with Crippen molar-refractivity contribution >= 4 is 41.1 Å². The van der Waals surface area contributed by atoms with Gasteiger partial charge in [-0.25, -0.2) is 4.79 Å². The summed E-state index contributed by atoms with van der Waals surface area (Å²) in [7, 11) is 0. The van der Waals surface area contributed by atoms with E-state index in [1.807, 2.05) is 0 Å². The zero-order valence-corrected chi connectivity index (χ0v) is 21.2. The number of tetrazole rings is 1. The molecule has 1 fully saturated rings. The summed E-state index contributed by atoms with van der Waals surface area (Å²) < 4.78 is 6.87. The quantitative estimate of drug-likeness (QED) is 0.333. The number of carboxylic acids is 1. The number of aromatic carboxylic acids is 1. The molecule has 12 heteroatoms. The molecule has 0 bridgehead atoms. The maximum absolute atomic E-state index is 13.1. The smallest absolute Gasteiger partial charge is 0.335 e. The highest BCUT2D eigenvalue weighted by molar-refractivity contribution is 6.30. The lowest BCUT2D eigenvalue weighted by molar-refractivity contribution is -0.124. The number of aromatic nitrogens is 4. The number of benzene rings is 2. The Morgan fingerprint density at radius 2 is 1.92 bits per heavy atom. The Morgan fingerprint density at radius 1 is 1.16 bits per heavy atom. The van der Waals surface area contributed by atoms with Crippen molar-refractivity contribution in [1.29, 1.82) is 0 Å². The second-order valence-corrected chi connectivity index (χ2v) is 9.29. The molecule has 2 heterocycles. The Bertz CT molecular complexity index is 1290. The Balaban J connectivity index is 1.46. The number of hydrogen-bond acceptors (Lipinski definition) is 7. The molecule has 198 valence electrons. The third-order valence-electron chi connectivity index (χ3n) is 6.24. The van der Waals surface area contributed by atoms with E-state index in [-0.39, 0.29) is 11.5 Å². The number of amides is 2. The van der Waals surface area contributed by atoms with Crippen LogP contribution >= 0.6 is 11.6 Å². The summed E-state index contributed by atoms with van der Waals surface area (Å²) in [6.07, 6.45) is 7.35. The molecular weight excluding hydrogens is 512 g/mol. The summed E-state index contributed by atoms with van der Waals surface area (Å²) in [5.74, 6) is -1.49. The second kappa shape index (κ2) is 12.9. The van der Waals surface area contributed by atoms with Gasteiger partial charge < -0.3 is 20.5 Å². The summed E-state index contributed by atoms with van der Waals surface area (Å²) in [6, 6.07) is 10.1. The highest BCUT2D eigenvalue weighted by atomic mass is 35.5. The molecule has 1 saturated heterocycles. The number of nitrogens with zero attached hydrogens (tertiary/aromatic N) is 4. The van der Waals surface area contributed by atoms with Crippen LogP contribution in [0.15, 0.2) is 54.9 Å². The third-order valence-corrected chi connectivity index (χ3v) is 6.47. The lowest BCUT2D eigenvalue weighted by Gasteiger charge is -2.24. The molecule has 1 aromatic heterocycles. The molecule has 11 nitrogen and oxygen atoms in total. The summed E-state index contributed by atoms with van der Waals surface area (Å²) in [6.45, 7) is 1.38. The zero-order valence-electron chi connectivity index (χ0n) is 20.4. The van der Waals surface area contributed by atoms with E-state index in [2.05, 4.69) is 26.2 Å². The fourth-order valence-electron chi connectivity index (χ4n) is 4.16. The van der Waals surface area contributed by atoms with Gasteiger partial charge in [-0.1, -0.05) is 11.6 Å². The first-order valence-corrected chi connectivity index (χ1v) is 12.5. The third kappa shape index (κ3) is 7.46. The van der Waals surface area contributed by atoms with E-state index in [0.717, 1.165) is 19.3 Å². The number of anilines is 1. The van der Waals surface area contributed by atoms with E-state index in [1.165, 1.54) is 41.4 Å². The largest absolute Gasteiger partial charge is 0.478 e. The van der Waals surface area contributed by atoms with Crippen LogP contribution in [0.5, 0.6) is 0 Å². The van der Waals surface area contributed by atoms with Crippen LogP contribution in [0.25, 0.3) is 11.8 Å². The summed E-state index contributed by atoms with van der Waals surface area (Å²) in [4.78, 5) is 37.1. The highest BCUT2D eigenvalue weighted by Crippen LogP contribution is 2.22. The van der Waals surface area contributed by atoms with E-state index in [0.29, 0.717) is 47.5 Å². The average Bonchev–Trinajstić information content (AvgIpc) is 3.45. The highest BCUT2D eigenvalue weighted by Gasteiger charge is 2.23. The van der Waals surface area contributed by atoms with Gasteiger partial charge in [0.25, 0.3) is 0 Å². The minimum absolute atomic E-state index is 0.111. The van der Waals surface area contributed by atoms with Gasteiger partial charge in [-0.15, -0.1) is 5.10 Å². The van der Waals surface area contributed by atoms with E-state index in [4.69, 9.17) is 21.4 Å². The predicted molar refractivity (Wildman–Crippen MR) is 140 cm³/mol. The Morgan fingerprint density at radius 3 is 2.61 bits per heavy atom. The Hall–Kier alpha value is -4.09. The van der Waals surface area contributed by atoms with Gasteiger partial charge in [0, 0.05) is 35.6 Å². The number of rotatable bonds is 10. The molecule has 1 aliphatic heterocycles. The minimum Gasteiger partial charge on any atom is -0.478 e. The first-order valence-electron chi connectivity index (χ1n) is 12.1. The number of ether oxygens (including phenoxy) is 1. The fraction of sp³-hybridized carbons (Fsp3) is 0.308. The summed E-state index contributed by atoms with van der Waals surface area (Å²) in [5, 5.41) is 26.3. The molecule has 0 saturated carbocycles. The Kier molecular flexibility index (Phi) is 9.17. The van der Waals surface area contributed by atoms with Crippen molar-refractivity contribution in [2.24, 2.45) is 5.92 Å². The van der Waals surface area contributed by atoms with Crippen molar-refractivity contribution in [3.8, 4) is 5.69 Å². The van der Waals surface area contributed by atoms with Crippen molar-refractivity contribution < 1.29 is 24.2 Å². The Labute approximate surface area is 223 Å². The van der Waals surface area contributed by atoms with Gasteiger partial charge in [0.1, 0.15) is 12.4 Å². The lowest BCUT2D eigenvalue weighted by Crippen LogP contribution is -2.43. The van der Waals surface area contributed by atoms with E-state index < -0.39 is 17.9 Å². The van der Waals surface area contributed by atoms with Gasteiger partial charge >= 0.3 is 5.97 Å². The monoisotopic (exact) mass is 538 g/mol. The van der Waals surface area contributed by atoms with Gasteiger partial charge in [-0.3, -0.25) is 9.59 Å². The molecule has 0 spiro atoms. The molecule has 3 N–H and O–H groups in total. The van der Waals surface area contributed by atoms with Crippen LogP contribution in [0.2, 0.25) is 5.02 Å². The van der Waals surface area contributed by atoms with Gasteiger partial charge in [-0.2, -0.15) is 4.68 Å². The number of halogens is 1. The number of carboxylic acid groups (broad SMARTS) is 1. The van der Waals surface area contributed by atoms with E-state index in [1.54, 1.807) is 24.3 Å². The van der Waals surface area contributed by atoms with Crippen LogP contribution in [0, 0.1) is 5.92 Å². The topological polar surface area (TPSA) is 148 Å². The number of carbonyl (C=O) groups is 3. The van der Waals surface area contributed by atoms with Crippen molar-refractivity contribution in [2.45, 2.75) is 31.7 Å². The lowest BCUT2D eigenvalue weighted by atomic mass is 9.92. The fourth-order valence-corrected chi connectivity index (χ4v) is 4.34. The first-order chi connectivity index (χ1) is 18.4. The van der Waals surface area contributed by atoms with E-state index in [9.17, 15) is 14.4 Å². The van der Waals surface area contributed by atoms with Crippen molar-refractivity contribution in [2.75, 3.05) is 18.5 Å². The molecule has 0 aliphatic carbocycles. The average molecular weight is 539 g/mol. The minimum atomic E-state index is -1.06. The normalized spacial score (nSPS) is 14.8. The van der Waals surface area contributed by atoms with Gasteiger partial charge in [-0.05, 0) is 90.6 Å². The maximum atomic E-state index is 13.1. The van der Waals surface area contributed by atoms with Gasteiger partial charge in [0.15, 0.2) is 0 Å². The predicted octanol–water partition coefficient (Wildman–Crippen LogP) is 3.36. The molecule has 1 atom stereocenters. The standard InChI is InChI=1S/C26H27ClN6O5/c27-20-5-9-23(33-16-28-31-32-33)19(15-20)4-10-24(34)30-22(8-1-17-11-13-38-14-12-17)25(35)29-21-6-2-18(3-7-21)26(36)37/h2-7,9-10,15-17,22H,1,8,11-14H2,(H,29,35)(H,30,34)(H,36,37)/b10-4+/t22-/m0/s1. The summed E-state index contributed by atoms with van der Waals surface area (Å²) in [5.41, 5.74) is 1.79. The molecule has 3 aromatic rings. The number of nitrogens with one attached hydrogen (secondary N) is 2. The van der Waals surface area contributed by atoms with Crippen molar-refractivity contribution in [1.82, 2.24) is 25.5 Å². The van der Waals surface area contributed by atoms with Crippen LogP contribution in [0.1, 0.15) is 41.6 Å². The van der Waals surface area contributed by atoms with Gasteiger partial charge in [0.2, 0.25) is 11.8 Å². The molecule has 2 aromatic carbocycles. The molecule has 38 heavy (non-hydrogen) atoms. The van der Waals surface area contributed by atoms with Crippen LogP contribution in [-0.4, -0.2) is 62.4 Å². The van der Waals surface area contributed by atoms with Crippen molar-refractivity contribution in [3.63, 3.8) is 0 Å². The molecule has 0 unspecified atom stereocenters. The van der Waals surface area contributed by atoms with Gasteiger partial charge in [0.05, 0.1) is 11.3 Å². The number of hydrogen-bond donors (Lipinski definition) is 3. The van der Waals surface area contributed by atoms with Crippen LogP contribution in [0.4, 0.5) is 5.69 Å². The maximum Gasteiger partial charge on any atom is 0.335 e. The SMILES string of the molecule is O=C(/C=C/c1cc(Cl)ccc1-n1cnnn1)N[C@@H](CCC1CCOCC1)C(=O)Nc1ccc(C(=O)O)cc1. The summed E-state index contributed by atoms with van der Waals surface area (Å²) >= 11 is 6.15. The van der Waals surface area contributed by atoms with Crippen LogP contribution in [-0.2, 0) is 14.3 Å². The first kappa shape index (κ1) is 27.0.